The van der Waals surface area contributed by atoms with E-state index >= 15 is 0 Å². The van der Waals surface area contributed by atoms with E-state index in [0.29, 0.717) is 28.8 Å². The van der Waals surface area contributed by atoms with Gasteiger partial charge in [0, 0.05) is 41.8 Å². The quantitative estimate of drug-likeness (QED) is 0.359. The molecule has 4 rings (SSSR count). The number of rotatable bonds is 8. The number of nitrogens with zero attached hydrogens (tertiary/aromatic N) is 6. The normalized spacial score (nSPS) is 14.1. The summed E-state index contributed by atoms with van der Waals surface area (Å²) in [5, 5.41) is 11.0. The highest BCUT2D eigenvalue weighted by Crippen LogP contribution is 2.38. The standard InChI is InChI=1S/C26H30N8O/c1-16(2)26(6,25-32-24(35-33-25)21-13-30-31-14-21)22-9-10-23(29-15-22)20(11-27)12-28-19(5)34-17(3)7-8-18(34)4/h7-16H,5,27H2,1-4,6H3,(H,30,31)/b20-11+,28-12?. The van der Waals surface area contributed by atoms with E-state index in [1.165, 1.54) is 6.20 Å². The van der Waals surface area contributed by atoms with Gasteiger partial charge in [-0.05, 0) is 50.5 Å². The molecule has 4 heterocycles. The summed E-state index contributed by atoms with van der Waals surface area (Å²) in [6.45, 7) is 14.4. The maximum Gasteiger partial charge on any atom is 0.261 e. The van der Waals surface area contributed by atoms with Crippen LogP contribution in [0.2, 0.25) is 0 Å². The van der Waals surface area contributed by atoms with Gasteiger partial charge >= 0.3 is 0 Å². The molecule has 3 N–H and O–H groups in total. The number of aryl methyl sites for hydroxylation is 2. The van der Waals surface area contributed by atoms with Gasteiger partial charge in [-0.1, -0.05) is 31.6 Å². The number of aliphatic imine (C=N–C) groups is 1. The second-order valence-electron chi connectivity index (χ2n) is 8.95. The van der Waals surface area contributed by atoms with Crippen molar-refractivity contribution in [3.63, 3.8) is 0 Å². The first-order chi connectivity index (χ1) is 16.8. The Balaban J connectivity index is 1.60. The highest BCUT2D eigenvalue weighted by Gasteiger charge is 2.38. The summed E-state index contributed by atoms with van der Waals surface area (Å²) in [6, 6.07) is 8.00. The molecule has 1 atom stereocenters. The molecular weight excluding hydrogens is 440 g/mol. The molecule has 0 radical (unpaired) electrons. The molecule has 4 aromatic rings. The van der Waals surface area contributed by atoms with Gasteiger partial charge in [-0.3, -0.25) is 10.1 Å². The summed E-state index contributed by atoms with van der Waals surface area (Å²) < 4.78 is 7.50. The van der Waals surface area contributed by atoms with Crippen molar-refractivity contribution in [1.82, 2.24) is 29.9 Å². The Labute approximate surface area is 204 Å². The summed E-state index contributed by atoms with van der Waals surface area (Å²) in [7, 11) is 0. The predicted octanol–water partition coefficient (Wildman–Crippen LogP) is 4.73. The number of aromatic nitrogens is 6. The molecule has 0 amide bonds. The second kappa shape index (κ2) is 9.54. The highest BCUT2D eigenvalue weighted by atomic mass is 16.5. The van der Waals surface area contributed by atoms with Gasteiger partial charge in [-0.2, -0.15) is 10.1 Å². The van der Waals surface area contributed by atoms with E-state index in [1.54, 1.807) is 18.6 Å². The van der Waals surface area contributed by atoms with Crippen molar-refractivity contribution in [3.05, 3.63) is 84.1 Å². The van der Waals surface area contributed by atoms with E-state index in [9.17, 15) is 0 Å². The van der Waals surface area contributed by atoms with E-state index in [2.05, 4.69) is 57.7 Å². The molecule has 1 unspecified atom stereocenters. The Morgan fingerprint density at radius 1 is 1.20 bits per heavy atom. The van der Waals surface area contributed by atoms with Crippen LogP contribution in [-0.4, -0.2) is 36.1 Å². The molecule has 9 nitrogen and oxygen atoms in total. The first-order valence-electron chi connectivity index (χ1n) is 11.4. The zero-order valence-electron chi connectivity index (χ0n) is 20.6. The van der Waals surface area contributed by atoms with Crippen LogP contribution in [0.1, 0.15) is 49.2 Å². The first kappa shape index (κ1) is 23.9. The molecule has 0 saturated heterocycles. The van der Waals surface area contributed by atoms with Crippen molar-refractivity contribution in [2.75, 3.05) is 0 Å². The smallest absolute Gasteiger partial charge is 0.261 e. The predicted molar refractivity (Wildman–Crippen MR) is 137 cm³/mol. The van der Waals surface area contributed by atoms with E-state index in [-0.39, 0.29) is 5.92 Å². The zero-order valence-corrected chi connectivity index (χ0v) is 20.6. The van der Waals surface area contributed by atoms with Crippen LogP contribution in [0.15, 0.2) is 65.2 Å². The van der Waals surface area contributed by atoms with Crippen LogP contribution in [0.3, 0.4) is 0 Å². The number of hydrogen-bond acceptors (Lipinski definition) is 7. The average Bonchev–Trinajstić information content (AvgIpc) is 3.61. The third-order valence-electron chi connectivity index (χ3n) is 6.51. The van der Waals surface area contributed by atoms with Gasteiger partial charge in [-0.15, -0.1) is 0 Å². The lowest BCUT2D eigenvalue weighted by Crippen LogP contribution is -2.31. The Hall–Kier alpha value is -4.27. The largest absolute Gasteiger partial charge is 0.404 e. The summed E-state index contributed by atoms with van der Waals surface area (Å²) in [5.74, 6) is 1.79. The third kappa shape index (κ3) is 4.44. The number of nitrogens with two attached hydrogens (primary N) is 1. The number of nitrogens with one attached hydrogen (secondary N) is 1. The van der Waals surface area contributed by atoms with Crippen LogP contribution in [0, 0.1) is 19.8 Å². The van der Waals surface area contributed by atoms with Crippen molar-refractivity contribution in [2.45, 2.75) is 40.0 Å². The zero-order chi connectivity index (χ0) is 25.2. The number of allylic oxidation sites excluding steroid dienone is 1. The lowest BCUT2D eigenvalue weighted by atomic mass is 9.73. The topological polar surface area (TPSA) is 124 Å². The molecule has 4 aromatic heterocycles. The Morgan fingerprint density at radius 3 is 2.51 bits per heavy atom. The van der Waals surface area contributed by atoms with Gasteiger partial charge < -0.3 is 14.8 Å². The number of hydrogen-bond donors (Lipinski definition) is 2. The molecule has 9 heteroatoms. The van der Waals surface area contributed by atoms with Crippen molar-refractivity contribution in [3.8, 4) is 11.5 Å². The molecule has 0 bridgehead atoms. The van der Waals surface area contributed by atoms with Gasteiger partial charge in [-0.25, -0.2) is 4.99 Å². The summed E-state index contributed by atoms with van der Waals surface area (Å²) in [6.07, 6.45) is 8.37. The average molecular weight is 471 g/mol. The molecule has 0 spiro atoms. The lowest BCUT2D eigenvalue weighted by molar-refractivity contribution is 0.350. The first-order valence-corrected chi connectivity index (χ1v) is 11.4. The molecule has 0 saturated carbocycles. The Morgan fingerprint density at radius 2 is 1.94 bits per heavy atom. The van der Waals surface area contributed by atoms with Crippen LogP contribution in [-0.2, 0) is 5.41 Å². The minimum atomic E-state index is -0.518. The fraction of sp³-hybridized carbons (Fsp3) is 0.269. The van der Waals surface area contributed by atoms with Gasteiger partial charge in [0.2, 0.25) is 0 Å². The van der Waals surface area contributed by atoms with E-state index in [0.717, 1.165) is 22.5 Å². The molecule has 180 valence electrons. The van der Waals surface area contributed by atoms with Crippen LogP contribution in [0.4, 0.5) is 0 Å². The van der Waals surface area contributed by atoms with E-state index < -0.39 is 5.41 Å². The van der Waals surface area contributed by atoms with Crippen molar-refractivity contribution < 1.29 is 4.52 Å². The fourth-order valence-electron chi connectivity index (χ4n) is 3.98. The highest BCUT2D eigenvalue weighted by molar-refractivity contribution is 6.09. The number of pyridine rings is 1. The molecule has 0 aliphatic carbocycles. The van der Waals surface area contributed by atoms with Gasteiger partial charge in [0.25, 0.3) is 5.89 Å². The summed E-state index contributed by atoms with van der Waals surface area (Å²) in [4.78, 5) is 13.9. The maximum atomic E-state index is 5.91. The van der Waals surface area contributed by atoms with Crippen molar-refractivity contribution in [1.29, 1.82) is 0 Å². The minimum absolute atomic E-state index is 0.174. The van der Waals surface area contributed by atoms with Crippen LogP contribution < -0.4 is 5.73 Å². The van der Waals surface area contributed by atoms with Gasteiger partial charge in [0.15, 0.2) is 5.82 Å². The lowest BCUT2D eigenvalue weighted by Gasteiger charge is -2.30. The SMILES string of the molecule is C=C(N=C/C(=C\N)c1ccc(C(C)(c2noc(-c3cn[nH]c3)n2)C(C)C)cn1)n1c(C)ccc1C. The van der Waals surface area contributed by atoms with Gasteiger partial charge in [0.1, 0.15) is 5.82 Å². The molecule has 0 aliphatic rings. The third-order valence-corrected chi connectivity index (χ3v) is 6.51. The van der Waals surface area contributed by atoms with E-state index in [4.69, 9.17) is 10.3 Å². The number of H-pyrrole nitrogens is 1. The summed E-state index contributed by atoms with van der Waals surface area (Å²) >= 11 is 0. The Kier molecular flexibility index (Phi) is 6.50. The van der Waals surface area contributed by atoms with Crippen LogP contribution in [0.5, 0.6) is 0 Å². The van der Waals surface area contributed by atoms with Gasteiger partial charge in [0.05, 0.1) is 22.9 Å². The summed E-state index contributed by atoms with van der Waals surface area (Å²) in [5.41, 5.74) is 10.6. The monoisotopic (exact) mass is 470 g/mol. The van der Waals surface area contributed by atoms with Crippen LogP contribution in [0.25, 0.3) is 22.8 Å². The maximum absolute atomic E-state index is 5.91. The minimum Gasteiger partial charge on any atom is -0.404 e. The van der Waals surface area contributed by atoms with E-state index in [1.807, 2.05) is 48.9 Å². The van der Waals surface area contributed by atoms with Crippen molar-refractivity contribution in [2.24, 2.45) is 16.6 Å². The molecule has 0 fully saturated rings. The molecular formula is C26H30N8O. The number of aromatic amines is 1. The molecule has 0 aromatic carbocycles. The molecule has 35 heavy (non-hydrogen) atoms. The fourth-order valence-corrected chi connectivity index (χ4v) is 3.98. The van der Waals surface area contributed by atoms with Crippen LogP contribution >= 0.6 is 0 Å². The molecule has 0 aliphatic heterocycles. The second-order valence-corrected chi connectivity index (χ2v) is 8.95. The Bertz CT molecular complexity index is 1350. The van der Waals surface area contributed by atoms with Crippen molar-refractivity contribution >= 4 is 17.6 Å².